The number of rotatable bonds is 3. The van der Waals surface area contributed by atoms with Gasteiger partial charge in [-0.05, 0) is 24.8 Å². The van der Waals surface area contributed by atoms with Gasteiger partial charge in [-0.1, -0.05) is 20.8 Å². The first-order chi connectivity index (χ1) is 13.0. The molecule has 0 saturated carbocycles. The van der Waals surface area contributed by atoms with E-state index in [1.54, 1.807) is 21.9 Å². The standard InChI is InChI=1S/C19H24F3N5O/c1-18(2,3)15-10-16(28)27(12-24-15)11-13-5-8-26(9-6-13)17-23-7-4-14(25-17)19(20,21)22/h4,7,10,12-13H,5-6,8-9,11H2,1-3H3. The molecule has 0 aliphatic carbocycles. The second-order valence-corrected chi connectivity index (χ2v) is 8.18. The average molecular weight is 395 g/mol. The Morgan fingerprint density at radius 2 is 1.79 bits per heavy atom. The van der Waals surface area contributed by atoms with Crippen LogP contribution in [0.2, 0.25) is 0 Å². The van der Waals surface area contributed by atoms with E-state index in [4.69, 9.17) is 0 Å². The summed E-state index contributed by atoms with van der Waals surface area (Å²) >= 11 is 0. The van der Waals surface area contributed by atoms with Crippen molar-refractivity contribution in [3.63, 3.8) is 0 Å². The third-order valence-corrected chi connectivity index (χ3v) is 4.93. The van der Waals surface area contributed by atoms with Crippen LogP contribution in [-0.2, 0) is 18.1 Å². The first kappa shape index (κ1) is 20.3. The van der Waals surface area contributed by atoms with Crippen molar-refractivity contribution in [1.82, 2.24) is 19.5 Å². The second kappa shape index (κ2) is 7.52. The van der Waals surface area contributed by atoms with Crippen molar-refractivity contribution in [2.75, 3.05) is 18.0 Å². The molecule has 9 heteroatoms. The molecule has 1 saturated heterocycles. The highest BCUT2D eigenvalue weighted by atomic mass is 19.4. The maximum atomic E-state index is 12.8. The lowest BCUT2D eigenvalue weighted by atomic mass is 9.92. The Bertz CT molecular complexity index is 880. The highest BCUT2D eigenvalue weighted by Crippen LogP contribution is 2.29. The van der Waals surface area contributed by atoms with Crippen molar-refractivity contribution in [2.24, 2.45) is 5.92 Å². The molecule has 2 aromatic rings. The molecule has 0 radical (unpaired) electrons. The van der Waals surface area contributed by atoms with Crippen LogP contribution in [0.3, 0.4) is 0 Å². The third kappa shape index (κ3) is 4.69. The summed E-state index contributed by atoms with van der Waals surface area (Å²) in [6, 6.07) is 2.45. The average Bonchev–Trinajstić information content (AvgIpc) is 2.62. The van der Waals surface area contributed by atoms with E-state index in [1.165, 1.54) is 0 Å². The number of piperidine rings is 1. The molecule has 3 heterocycles. The van der Waals surface area contributed by atoms with Crippen LogP contribution >= 0.6 is 0 Å². The summed E-state index contributed by atoms with van der Waals surface area (Å²) in [5, 5.41) is 0. The highest BCUT2D eigenvalue weighted by Gasteiger charge is 2.33. The highest BCUT2D eigenvalue weighted by molar-refractivity contribution is 5.31. The van der Waals surface area contributed by atoms with Gasteiger partial charge in [0.05, 0.1) is 12.0 Å². The predicted octanol–water partition coefficient (Wildman–Crippen LogP) is 3.27. The fourth-order valence-electron chi connectivity index (χ4n) is 3.23. The first-order valence-electron chi connectivity index (χ1n) is 9.26. The van der Waals surface area contributed by atoms with Crippen LogP contribution in [0, 0.1) is 5.92 Å². The predicted molar refractivity (Wildman–Crippen MR) is 99.2 cm³/mol. The number of hydrogen-bond donors (Lipinski definition) is 0. The van der Waals surface area contributed by atoms with E-state index in [1.807, 2.05) is 20.8 Å². The van der Waals surface area contributed by atoms with E-state index < -0.39 is 11.9 Å². The molecule has 3 rings (SSSR count). The fourth-order valence-corrected chi connectivity index (χ4v) is 3.23. The van der Waals surface area contributed by atoms with Gasteiger partial charge in [0.1, 0.15) is 5.69 Å². The van der Waals surface area contributed by atoms with Gasteiger partial charge < -0.3 is 4.90 Å². The summed E-state index contributed by atoms with van der Waals surface area (Å²) in [7, 11) is 0. The first-order valence-corrected chi connectivity index (χ1v) is 9.26. The Kier molecular flexibility index (Phi) is 5.45. The van der Waals surface area contributed by atoms with Gasteiger partial charge in [-0.15, -0.1) is 0 Å². The number of nitrogens with zero attached hydrogens (tertiary/aromatic N) is 5. The smallest absolute Gasteiger partial charge is 0.341 e. The van der Waals surface area contributed by atoms with Crippen LogP contribution in [-0.4, -0.2) is 32.6 Å². The molecule has 0 aromatic carbocycles. The zero-order valence-corrected chi connectivity index (χ0v) is 16.2. The van der Waals surface area contributed by atoms with Gasteiger partial charge in [0.2, 0.25) is 5.95 Å². The quantitative estimate of drug-likeness (QED) is 0.798. The van der Waals surface area contributed by atoms with Crippen LogP contribution < -0.4 is 10.5 Å². The van der Waals surface area contributed by atoms with Gasteiger partial charge in [-0.2, -0.15) is 13.2 Å². The Morgan fingerprint density at radius 1 is 1.11 bits per heavy atom. The molecule has 0 N–H and O–H groups in total. The molecular formula is C19H24F3N5O. The van der Waals surface area contributed by atoms with Gasteiger partial charge >= 0.3 is 6.18 Å². The van der Waals surface area contributed by atoms with E-state index in [0.29, 0.717) is 19.6 Å². The summed E-state index contributed by atoms with van der Waals surface area (Å²) in [4.78, 5) is 26.2. The number of hydrogen-bond acceptors (Lipinski definition) is 5. The monoisotopic (exact) mass is 395 g/mol. The number of anilines is 1. The molecule has 1 aliphatic rings. The molecule has 28 heavy (non-hydrogen) atoms. The molecule has 1 fully saturated rings. The van der Waals surface area contributed by atoms with E-state index in [-0.39, 0.29) is 22.8 Å². The van der Waals surface area contributed by atoms with Crippen molar-refractivity contribution in [1.29, 1.82) is 0 Å². The third-order valence-electron chi connectivity index (χ3n) is 4.93. The molecule has 152 valence electrons. The fraction of sp³-hybridized carbons (Fsp3) is 0.579. The lowest BCUT2D eigenvalue weighted by Crippen LogP contribution is -2.37. The topological polar surface area (TPSA) is 63.9 Å². The van der Waals surface area contributed by atoms with Gasteiger partial charge in [-0.3, -0.25) is 9.36 Å². The van der Waals surface area contributed by atoms with Crippen molar-refractivity contribution in [2.45, 2.75) is 51.7 Å². The maximum Gasteiger partial charge on any atom is 0.433 e. The molecule has 0 atom stereocenters. The van der Waals surface area contributed by atoms with Gasteiger partial charge in [0.25, 0.3) is 5.56 Å². The molecule has 0 bridgehead atoms. The summed E-state index contributed by atoms with van der Waals surface area (Å²) in [5.41, 5.74) is -0.445. The minimum Gasteiger partial charge on any atom is -0.341 e. The maximum absolute atomic E-state index is 12.8. The molecule has 0 spiro atoms. The SMILES string of the molecule is CC(C)(C)c1cc(=O)n(CC2CCN(c3nccc(C(F)(F)F)n3)CC2)cn1. The van der Waals surface area contributed by atoms with Crippen molar-refractivity contribution < 1.29 is 13.2 Å². The van der Waals surface area contributed by atoms with Gasteiger partial charge in [0, 0.05) is 37.3 Å². The Balaban J connectivity index is 1.63. The van der Waals surface area contributed by atoms with Crippen molar-refractivity contribution in [3.8, 4) is 0 Å². The van der Waals surface area contributed by atoms with Crippen LogP contribution in [0.4, 0.5) is 19.1 Å². The van der Waals surface area contributed by atoms with Crippen LogP contribution in [0.15, 0.2) is 29.5 Å². The molecule has 0 unspecified atom stereocenters. The zero-order chi connectivity index (χ0) is 20.5. The van der Waals surface area contributed by atoms with Crippen molar-refractivity contribution >= 4 is 5.95 Å². The molecule has 2 aromatic heterocycles. The lowest BCUT2D eigenvalue weighted by Gasteiger charge is -2.32. The number of alkyl halides is 3. The second-order valence-electron chi connectivity index (χ2n) is 8.18. The zero-order valence-electron chi connectivity index (χ0n) is 16.2. The van der Waals surface area contributed by atoms with Crippen molar-refractivity contribution in [3.05, 3.63) is 46.4 Å². The lowest BCUT2D eigenvalue weighted by molar-refractivity contribution is -0.141. The molecule has 0 amide bonds. The normalized spacial score (nSPS) is 16.4. The molecular weight excluding hydrogens is 371 g/mol. The summed E-state index contributed by atoms with van der Waals surface area (Å²) in [6.07, 6.45) is -0.270. The van der Waals surface area contributed by atoms with Gasteiger partial charge in [-0.25, -0.2) is 15.0 Å². The summed E-state index contributed by atoms with van der Waals surface area (Å²) < 4.78 is 40.1. The molecule has 1 aliphatic heterocycles. The molecule has 6 nitrogen and oxygen atoms in total. The minimum absolute atomic E-state index is 0.0800. The van der Waals surface area contributed by atoms with E-state index >= 15 is 0 Å². The van der Waals surface area contributed by atoms with Crippen LogP contribution in [0.25, 0.3) is 0 Å². The largest absolute Gasteiger partial charge is 0.433 e. The van der Waals surface area contributed by atoms with E-state index in [2.05, 4.69) is 15.0 Å². The number of aromatic nitrogens is 4. The minimum atomic E-state index is -4.48. The summed E-state index contributed by atoms with van der Waals surface area (Å²) in [5.74, 6) is 0.351. The van der Waals surface area contributed by atoms with Crippen LogP contribution in [0.1, 0.15) is 45.0 Å². The Morgan fingerprint density at radius 3 is 2.36 bits per heavy atom. The Hall–Kier alpha value is -2.45. The van der Waals surface area contributed by atoms with E-state index in [9.17, 15) is 18.0 Å². The van der Waals surface area contributed by atoms with E-state index in [0.717, 1.165) is 30.8 Å². The van der Waals surface area contributed by atoms with Crippen LogP contribution in [0.5, 0.6) is 0 Å². The Labute approximate surface area is 161 Å². The number of halogens is 3. The van der Waals surface area contributed by atoms with Gasteiger partial charge in [0.15, 0.2) is 0 Å². The summed E-state index contributed by atoms with van der Waals surface area (Å²) in [6.45, 7) is 7.66.